The molecule has 1 aromatic heterocycles. The first-order valence-electron chi connectivity index (χ1n) is 9.21. The molecule has 1 fully saturated rings. The van der Waals surface area contributed by atoms with Gasteiger partial charge in [0.15, 0.2) is 5.82 Å². The summed E-state index contributed by atoms with van der Waals surface area (Å²) in [5, 5.41) is 4.80. The Labute approximate surface area is 160 Å². The summed E-state index contributed by atoms with van der Waals surface area (Å²) in [7, 11) is 0. The lowest BCUT2D eigenvalue weighted by atomic mass is 10.2. The lowest BCUT2D eigenvalue weighted by Gasteiger charge is -2.36. The minimum Gasteiger partial charge on any atom is -0.492 e. The van der Waals surface area contributed by atoms with Crippen LogP contribution in [0, 0.1) is 0 Å². The number of nitrogens with zero attached hydrogens (tertiary/aromatic N) is 4. The van der Waals surface area contributed by atoms with Crippen molar-refractivity contribution in [2.45, 2.75) is 32.7 Å². The summed E-state index contributed by atoms with van der Waals surface area (Å²) in [6.45, 7) is 11.9. The minimum atomic E-state index is 0.155. The maximum absolute atomic E-state index is 5.88. The van der Waals surface area contributed by atoms with Crippen LogP contribution in [0.25, 0.3) is 0 Å². The van der Waals surface area contributed by atoms with Gasteiger partial charge in [0, 0.05) is 43.7 Å². The number of aromatic nitrogens is 2. The van der Waals surface area contributed by atoms with Crippen LogP contribution in [0.2, 0.25) is 5.02 Å². The third-order valence-electron chi connectivity index (χ3n) is 4.78. The fraction of sp³-hybridized carbons (Fsp3) is 0.579. The summed E-state index contributed by atoms with van der Waals surface area (Å²) in [4.78, 5) is 9.35. The highest BCUT2D eigenvalue weighted by atomic mass is 35.5. The molecule has 0 radical (unpaired) electrons. The van der Waals surface area contributed by atoms with E-state index in [4.69, 9.17) is 20.9 Å². The maximum Gasteiger partial charge on any atom is 0.243 e. The van der Waals surface area contributed by atoms with Gasteiger partial charge in [0.1, 0.15) is 12.4 Å². The highest BCUT2D eigenvalue weighted by Gasteiger charge is 2.26. The van der Waals surface area contributed by atoms with E-state index in [1.54, 1.807) is 0 Å². The summed E-state index contributed by atoms with van der Waals surface area (Å²) in [6.07, 6.45) is 0. The fourth-order valence-electron chi connectivity index (χ4n) is 3.01. The van der Waals surface area contributed by atoms with Gasteiger partial charge in [-0.05, 0) is 31.2 Å². The van der Waals surface area contributed by atoms with E-state index in [0.717, 1.165) is 49.3 Å². The van der Waals surface area contributed by atoms with Crippen molar-refractivity contribution < 1.29 is 9.26 Å². The summed E-state index contributed by atoms with van der Waals surface area (Å²) >= 11 is 5.88. The van der Waals surface area contributed by atoms with Crippen LogP contribution in [0.4, 0.5) is 0 Å². The maximum atomic E-state index is 5.88. The molecule has 1 saturated heterocycles. The van der Waals surface area contributed by atoms with E-state index >= 15 is 0 Å². The summed E-state index contributed by atoms with van der Waals surface area (Å²) in [5.74, 6) is 2.65. The van der Waals surface area contributed by atoms with Gasteiger partial charge in [0.25, 0.3) is 0 Å². The largest absolute Gasteiger partial charge is 0.492 e. The number of benzene rings is 1. The molecule has 1 atom stereocenters. The second kappa shape index (κ2) is 8.84. The highest BCUT2D eigenvalue weighted by molar-refractivity contribution is 6.30. The average molecular weight is 379 g/mol. The third-order valence-corrected chi connectivity index (χ3v) is 5.03. The van der Waals surface area contributed by atoms with Crippen LogP contribution in [-0.4, -0.2) is 59.3 Å². The molecule has 0 spiro atoms. The Morgan fingerprint density at radius 3 is 2.42 bits per heavy atom. The number of rotatable bonds is 7. The van der Waals surface area contributed by atoms with Gasteiger partial charge in [-0.2, -0.15) is 4.98 Å². The van der Waals surface area contributed by atoms with Crippen molar-refractivity contribution in [3.05, 3.63) is 41.0 Å². The van der Waals surface area contributed by atoms with Gasteiger partial charge >= 0.3 is 0 Å². The molecule has 1 aromatic carbocycles. The van der Waals surface area contributed by atoms with Crippen molar-refractivity contribution in [3.8, 4) is 5.75 Å². The van der Waals surface area contributed by atoms with Gasteiger partial charge in [0.2, 0.25) is 5.89 Å². The van der Waals surface area contributed by atoms with E-state index in [2.05, 4.69) is 40.7 Å². The first kappa shape index (κ1) is 19.1. The van der Waals surface area contributed by atoms with Crippen LogP contribution >= 0.6 is 11.6 Å². The molecule has 26 heavy (non-hydrogen) atoms. The Kier molecular flexibility index (Phi) is 6.51. The first-order valence-corrected chi connectivity index (χ1v) is 9.59. The van der Waals surface area contributed by atoms with Crippen molar-refractivity contribution >= 4 is 11.6 Å². The van der Waals surface area contributed by atoms with Crippen LogP contribution in [0.15, 0.2) is 28.8 Å². The van der Waals surface area contributed by atoms with Crippen molar-refractivity contribution in [1.29, 1.82) is 0 Å². The monoisotopic (exact) mass is 378 g/mol. The molecule has 0 aliphatic carbocycles. The molecule has 1 aliphatic heterocycles. The Morgan fingerprint density at radius 1 is 1.12 bits per heavy atom. The second-order valence-corrected chi connectivity index (χ2v) is 7.44. The normalized spacial score (nSPS) is 17.6. The SMILES string of the molecule is CC(C)c1noc(C(C)N2CCN(CCOc3ccc(Cl)cc3)CC2)n1. The van der Waals surface area contributed by atoms with Gasteiger partial charge in [-0.1, -0.05) is 30.6 Å². The van der Waals surface area contributed by atoms with Crippen LogP contribution in [-0.2, 0) is 0 Å². The zero-order chi connectivity index (χ0) is 18.5. The smallest absolute Gasteiger partial charge is 0.243 e. The molecule has 0 saturated carbocycles. The average Bonchev–Trinajstić information content (AvgIpc) is 3.14. The Balaban J connectivity index is 1.41. The van der Waals surface area contributed by atoms with Gasteiger partial charge in [-0.25, -0.2) is 0 Å². The van der Waals surface area contributed by atoms with Gasteiger partial charge in [-0.15, -0.1) is 0 Å². The standard InChI is InChI=1S/C19H27ClN4O2/c1-14(2)18-21-19(26-22-18)15(3)24-10-8-23(9-11-24)12-13-25-17-6-4-16(20)5-7-17/h4-7,14-15H,8-13H2,1-3H3. The van der Waals surface area contributed by atoms with Crippen molar-refractivity contribution in [2.24, 2.45) is 0 Å². The molecule has 1 aliphatic rings. The molecule has 1 unspecified atom stereocenters. The highest BCUT2D eigenvalue weighted by Crippen LogP contribution is 2.22. The molecule has 3 rings (SSSR count). The van der Waals surface area contributed by atoms with Crippen LogP contribution < -0.4 is 4.74 Å². The summed E-state index contributed by atoms with van der Waals surface area (Å²) in [6, 6.07) is 7.65. The van der Waals surface area contributed by atoms with Crippen LogP contribution in [0.3, 0.4) is 0 Å². The molecule has 142 valence electrons. The molecular formula is C19H27ClN4O2. The van der Waals surface area contributed by atoms with E-state index in [-0.39, 0.29) is 12.0 Å². The van der Waals surface area contributed by atoms with E-state index in [1.165, 1.54) is 0 Å². The number of piperazine rings is 1. The molecule has 0 bridgehead atoms. The van der Waals surface area contributed by atoms with E-state index < -0.39 is 0 Å². The van der Waals surface area contributed by atoms with Gasteiger partial charge in [-0.3, -0.25) is 9.80 Å². The number of halogens is 1. The van der Waals surface area contributed by atoms with Crippen molar-refractivity contribution in [3.63, 3.8) is 0 Å². The number of hydrogen-bond donors (Lipinski definition) is 0. The predicted molar refractivity (Wildman–Crippen MR) is 102 cm³/mol. The van der Waals surface area contributed by atoms with Gasteiger partial charge < -0.3 is 9.26 Å². The van der Waals surface area contributed by atoms with Gasteiger partial charge in [0.05, 0.1) is 6.04 Å². The molecule has 0 amide bonds. The first-order chi connectivity index (χ1) is 12.5. The molecular weight excluding hydrogens is 352 g/mol. The minimum absolute atomic E-state index is 0.155. The van der Waals surface area contributed by atoms with E-state index in [1.807, 2.05) is 24.3 Å². The second-order valence-electron chi connectivity index (χ2n) is 7.00. The number of ether oxygens (including phenoxy) is 1. The lowest BCUT2D eigenvalue weighted by molar-refractivity contribution is 0.0800. The Morgan fingerprint density at radius 2 is 1.81 bits per heavy atom. The predicted octanol–water partition coefficient (Wildman–Crippen LogP) is 3.60. The number of hydrogen-bond acceptors (Lipinski definition) is 6. The van der Waals surface area contributed by atoms with Crippen molar-refractivity contribution in [2.75, 3.05) is 39.3 Å². The molecule has 7 heteroatoms. The Hall–Kier alpha value is -1.63. The van der Waals surface area contributed by atoms with Crippen LogP contribution in [0.1, 0.15) is 44.4 Å². The Bertz CT molecular complexity index is 681. The fourth-order valence-corrected chi connectivity index (χ4v) is 3.13. The van der Waals surface area contributed by atoms with E-state index in [0.29, 0.717) is 12.5 Å². The summed E-state index contributed by atoms with van der Waals surface area (Å²) in [5.41, 5.74) is 0. The lowest BCUT2D eigenvalue weighted by Crippen LogP contribution is -2.48. The van der Waals surface area contributed by atoms with Crippen LogP contribution in [0.5, 0.6) is 5.75 Å². The molecule has 2 heterocycles. The van der Waals surface area contributed by atoms with E-state index in [9.17, 15) is 0 Å². The molecule has 2 aromatic rings. The zero-order valence-corrected chi connectivity index (χ0v) is 16.4. The third kappa shape index (κ3) is 4.96. The zero-order valence-electron chi connectivity index (χ0n) is 15.7. The topological polar surface area (TPSA) is 54.6 Å². The van der Waals surface area contributed by atoms with Crippen molar-refractivity contribution in [1.82, 2.24) is 19.9 Å². The quantitative estimate of drug-likeness (QED) is 0.733. The summed E-state index contributed by atoms with van der Waals surface area (Å²) < 4.78 is 11.2. The molecule has 0 N–H and O–H groups in total. The molecule has 6 nitrogen and oxygen atoms in total.